The first-order valence-electron chi connectivity index (χ1n) is 9.26. The lowest BCUT2D eigenvalue weighted by molar-refractivity contribution is 0.123. The molecule has 0 bridgehead atoms. The van der Waals surface area contributed by atoms with E-state index in [4.69, 9.17) is 4.74 Å². The standard InChI is InChI=1S/C18H35Br2NO3/c1-4-5-6-7-8-9-10-11-16(19)17(20)24-18(23)21-15(13-22)12-14(2)3/h14-17,22H,4-13H2,1-3H3,(H,21,23)/t15-,16?,17?/m0/s1. The topological polar surface area (TPSA) is 58.6 Å². The summed E-state index contributed by atoms with van der Waals surface area (Å²) in [6.45, 7) is 6.27. The molecular formula is C18H35Br2NO3. The minimum atomic E-state index is -0.486. The summed E-state index contributed by atoms with van der Waals surface area (Å²) in [4.78, 5) is 12.0. The van der Waals surface area contributed by atoms with Gasteiger partial charge in [0.25, 0.3) is 0 Å². The Kier molecular flexibility index (Phi) is 15.6. The maximum Gasteiger partial charge on any atom is 0.408 e. The largest absolute Gasteiger partial charge is 0.433 e. The Bertz CT molecular complexity index is 317. The summed E-state index contributed by atoms with van der Waals surface area (Å²) in [6, 6.07) is -0.255. The summed E-state index contributed by atoms with van der Waals surface area (Å²) in [5.74, 6) is 0.406. The van der Waals surface area contributed by atoms with Gasteiger partial charge < -0.3 is 15.2 Å². The van der Waals surface area contributed by atoms with Gasteiger partial charge in [-0.15, -0.1) is 0 Å². The molecule has 0 aromatic carbocycles. The molecule has 0 aliphatic rings. The maximum absolute atomic E-state index is 11.9. The number of rotatable bonds is 14. The molecule has 0 aliphatic carbocycles. The SMILES string of the molecule is CCCCCCCCCC(Br)C(Br)OC(=O)N[C@H](CO)CC(C)C. The number of hydrogen-bond acceptors (Lipinski definition) is 3. The van der Waals surface area contributed by atoms with Crippen LogP contribution in [-0.4, -0.2) is 33.7 Å². The number of halogens is 2. The Labute approximate surface area is 164 Å². The average Bonchev–Trinajstić information content (AvgIpc) is 2.52. The highest BCUT2D eigenvalue weighted by Crippen LogP contribution is 2.22. The second kappa shape index (κ2) is 15.4. The van der Waals surface area contributed by atoms with Crippen molar-refractivity contribution in [2.45, 2.75) is 94.4 Å². The van der Waals surface area contributed by atoms with Gasteiger partial charge in [-0.2, -0.15) is 0 Å². The van der Waals surface area contributed by atoms with Crippen LogP contribution in [-0.2, 0) is 4.74 Å². The number of amides is 1. The molecule has 2 N–H and O–H groups in total. The van der Waals surface area contributed by atoms with E-state index in [2.05, 4.69) is 57.9 Å². The van der Waals surface area contributed by atoms with Crippen LogP contribution in [0, 0.1) is 5.92 Å². The predicted octanol–water partition coefficient (Wildman–Crippen LogP) is 5.74. The molecular weight excluding hydrogens is 438 g/mol. The highest BCUT2D eigenvalue weighted by molar-refractivity contribution is 9.12. The van der Waals surface area contributed by atoms with Crippen LogP contribution in [0.4, 0.5) is 4.79 Å². The van der Waals surface area contributed by atoms with Crippen LogP contribution in [0.3, 0.4) is 0 Å². The van der Waals surface area contributed by atoms with Gasteiger partial charge in [0.1, 0.15) is 0 Å². The molecule has 0 aromatic heterocycles. The van der Waals surface area contributed by atoms with Gasteiger partial charge in [0.05, 0.1) is 17.5 Å². The van der Waals surface area contributed by atoms with Crippen LogP contribution in [0.15, 0.2) is 0 Å². The Balaban J connectivity index is 3.87. The minimum Gasteiger partial charge on any atom is -0.433 e. The maximum atomic E-state index is 11.9. The van der Waals surface area contributed by atoms with Crippen LogP contribution in [0.25, 0.3) is 0 Å². The van der Waals surface area contributed by atoms with Crippen molar-refractivity contribution in [1.82, 2.24) is 5.32 Å². The quantitative estimate of drug-likeness (QED) is 0.250. The zero-order chi connectivity index (χ0) is 18.4. The number of carbonyl (C=O) groups is 1. The molecule has 0 aliphatic heterocycles. The van der Waals surface area contributed by atoms with Crippen LogP contribution >= 0.6 is 31.9 Å². The Morgan fingerprint density at radius 2 is 1.67 bits per heavy atom. The van der Waals surface area contributed by atoms with E-state index in [0.717, 1.165) is 19.3 Å². The Morgan fingerprint density at radius 1 is 1.08 bits per heavy atom. The lowest BCUT2D eigenvalue weighted by atomic mass is 10.0. The zero-order valence-corrected chi connectivity index (χ0v) is 18.6. The van der Waals surface area contributed by atoms with Crippen LogP contribution in [0.5, 0.6) is 0 Å². The smallest absolute Gasteiger partial charge is 0.408 e. The molecule has 1 amide bonds. The van der Waals surface area contributed by atoms with E-state index < -0.39 is 6.09 Å². The summed E-state index contributed by atoms with van der Waals surface area (Å²) in [6.07, 6.45) is 10.1. The second-order valence-electron chi connectivity index (χ2n) is 6.84. The number of alkyl halides is 2. The molecule has 144 valence electrons. The van der Waals surface area contributed by atoms with E-state index in [9.17, 15) is 9.90 Å². The monoisotopic (exact) mass is 471 g/mol. The molecule has 0 rings (SSSR count). The van der Waals surface area contributed by atoms with Gasteiger partial charge in [-0.25, -0.2) is 4.79 Å². The van der Waals surface area contributed by atoms with Crippen molar-refractivity contribution < 1.29 is 14.6 Å². The normalized spacial score (nSPS) is 15.1. The molecule has 0 saturated carbocycles. The van der Waals surface area contributed by atoms with E-state index in [1.165, 1.54) is 38.5 Å². The summed E-state index contributed by atoms with van der Waals surface area (Å²) < 4.78 is 5.34. The van der Waals surface area contributed by atoms with Crippen LogP contribution in [0.1, 0.15) is 78.6 Å². The first kappa shape index (κ1) is 24.2. The first-order valence-corrected chi connectivity index (χ1v) is 11.1. The minimum absolute atomic E-state index is 0.0734. The Morgan fingerprint density at radius 3 is 2.21 bits per heavy atom. The van der Waals surface area contributed by atoms with Crippen LogP contribution < -0.4 is 5.32 Å². The van der Waals surface area contributed by atoms with Crippen molar-refractivity contribution in [3.8, 4) is 0 Å². The number of hydrogen-bond donors (Lipinski definition) is 2. The molecule has 0 fully saturated rings. The summed E-state index contributed by atoms with van der Waals surface area (Å²) in [5, 5.41) is 11.6. The van der Waals surface area contributed by atoms with Gasteiger partial charge in [-0.3, -0.25) is 0 Å². The van der Waals surface area contributed by atoms with Crippen molar-refractivity contribution in [3.63, 3.8) is 0 Å². The third-order valence-corrected chi connectivity index (χ3v) is 6.36. The van der Waals surface area contributed by atoms with Crippen molar-refractivity contribution in [2.24, 2.45) is 5.92 Å². The third kappa shape index (κ3) is 13.5. The molecule has 0 spiro atoms. The average molecular weight is 473 g/mol. The molecule has 24 heavy (non-hydrogen) atoms. The lowest BCUT2D eigenvalue weighted by Gasteiger charge is -2.21. The molecule has 3 atom stereocenters. The molecule has 6 heteroatoms. The van der Waals surface area contributed by atoms with E-state index in [-0.39, 0.29) is 22.5 Å². The van der Waals surface area contributed by atoms with E-state index in [0.29, 0.717) is 5.92 Å². The molecule has 2 unspecified atom stereocenters. The lowest BCUT2D eigenvalue weighted by Crippen LogP contribution is -2.40. The van der Waals surface area contributed by atoms with Gasteiger partial charge in [0, 0.05) is 0 Å². The van der Waals surface area contributed by atoms with Crippen molar-refractivity contribution in [3.05, 3.63) is 0 Å². The molecule has 4 nitrogen and oxygen atoms in total. The highest BCUT2D eigenvalue weighted by Gasteiger charge is 2.21. The number of ether oxygens (including phenoxy) is 1. The number of aliphatic hydroxyl groups excluding tert-OH is 1. The van der Waals surface area contributed by atoms with Gasteiger partial charge >= 0.3 is 6.09 Å². The fourth-order valence-corrected chi connectivity index (χ4v) is 3.42. The van der Waals surface area contributed by atoms with Gasteiger partial charge in [-0.1, -0.05) is 81.6 Å². The van der Waals surface area contributed by atoms with Crippen molar-refractivity contribution in [2.75, 3.05) is 6.61 Å². The van der Waals surface area contributed by atoms with E-state index >= 15 is 0 Å². The molecule has 0 radical (unpaired) electrons. The van der Waals surface area contributed by atoms with E-state index in [1.54, 1.807) is 0 Å². The molecule has 0 aromatic rings. The zero-order valence-electron chi connectivity index (χ0n) is 15.4. The van der Waals surface area contributed by atoms with Gasteiger partial charge in [-0.05, 0) is 34.7 Å². The predicted molar refractivity (Wildman–Crippen MR) is 108 cm³/mol. The molecule has 0 heterocycles. The summed E-state index contributed by atoms with van der Waals surface area (Å²) in [7, 11) is 0. The summed E-state index contributed by atoms with van der Waals surface area (Å²) >= 11 is 7.01. The number of unbranched alkanes of at least 4 members (excludes halogenated alkanes) is 6. The number of carbonyl (C=O) groups excluding carboxylic acids is 1. The Hall–Kier alpha value is 0.190. The number of aliphatic hydroxyl groups is 1. The fourth-order valence-electron chi connectivity index (χ4n) is 2.55. The van der Waals surface area contributed by atoms with Crippen LogP contribution in [0.2, 0.25) is 0 Å². The fraction of sp³-hybridized carbons (Fsp3) is 0.944. The van der Waals surface area contributed by atoms with Crippen molar-refractivity contribution in [1.29, 1.82) is 0 Å². The third-order valence-electron chi connectivity index (χ3n) is 3.89. The van der Waals surface area contributed by atoms with Gasteiger partial charge in [0.2, 0.25) is 0 Å². The van der Waals surface area contributed by atoms with Crippen molar-refractivity contribution >= 4 is 38.0 Å². The van der Waals surface area contributed by atoms with E-state index in [1.807, 2.05) is 0 Å². The second-order valence-corrected chi connectivity index (χ2v) is 8.91. The first-order chi connectivity index (χ1) is 11.4. The summed E-state index contributed by atoms with van der Waals surface area (Å²) in [5.41, 5.74) is 0. The highest BCUT2D eigenvalue weighted by atomic mass is 79.9. The number of alkyl carbamates (subject to hydrolysis) is 1. The molecule has 0 saturated heterocycles. The van der Waals surface area contributed by atoms with Gasteiger partial charge in [0.15, 0.2) is 5.01 Å². The number of nitrogens with one attached hydrogen (secondary N) is 1.